The van der Waals surface area contributed by atoms with E-state index in [-0.39, 0.29) is 70.5 Å². The first-order valence-electron chi connectivity index (χ1n) is 2.41. The predicted molar refractivity (Wildman–Crippen MR) is 36.8 cm³/mol. The molecule has 0 bridgehead atoms. The zero-order chi connectivity index (χ0) is 6.83. The molecule has 0 aromatic carbocycles. The standard InChI is InChI=1S/2C2H6N2.2ClH.Ru/c2*3-1-2-4;;;/h2*3-4H,1-2H2;2*1H;/q2*-2;;;+6/p-2. The van der Waals surface area contributed by atoms with Crippen LogP contribution in [0.2, 0.25) is 0 Å². The van der Waals surface area contributed by atoms with Crippen LogP contribution in [-0.4, -0.2) is 26.2 Å². The Balaban J connectivity index is -0.0000000171. The summed E-state index contributed by atoms with van der Waals surface area (Å²) in [6.07, 6.45) is 0. The second-order valence-electron chi connectivity index (χ2n) is 1.000. The molecular weight excluding hydrogens is 276 g/mol. The van der Waals surface area contributed by atoms with E-state index in [1.807, 2.05) is 0 Å². The molecule has 0 spiro atoms. The van der Waals surface area contributed by atoms with Crippen LogP contribution in [0.5, 0.6) is 0 Å². The number of rotatable bonds is 2. The fourth-order valence-corrected chi connectivity index (χ4v) is 0. The molecule has 0 radical (unpaired) electrons. The minimum Gasteiger partial charge on any atom is -1.00 e. The van der Waals surface area contributed by atoms with Crippen molar-refractivity contribution in [1.29, 1.82) is 0 Å². The molecule has 0 heterocycles. The molecule has 0 atom stereocenters. The van der Waals surface area contributed by atoms with Gasteiger partial charge in [-0.2, -0.15) is 26.2 Å². The van der Waals surface area contributed by atoms with Gasteiger partial charge in [0.1, 0.15) is 0 Å². The van der Waals surface area contributed by atoms with Crippen molar-refractivity contribution >= 4 is 0 Å². The summed E-state index contributed by atoms with van der Waals surface area (Å²) >= 11 is 0. The average molecular weight is 288 g/mol. The fraction of sp³-hybridized carbons (Fsp3) is 1.00. The van der Waals surface area contributed by atoms with E-state index in [4.69, 9.17) is 22.9 Å². The van der Waals surface area contributed by atoms with E-state index in [9.17, 15) is 0 Å². The van der Waals surface area contributed by atoms with E-state index in [0.717, 1.165) is 0 Å². The molecule has 0 aliphatic rings. The van der Waals surface area contributed by atoms with Gasteiger partial charge < -0.3 is 47.7 Å². The molecule has 0 saturated carbocycles. The normalized spacial score (nSPS) is 5.45. The van der Waals surface area contributed by atoms with E-state index >= 15 is 0 Å². The zero-order valence-corrected chi connectivity index (χ0v) is 9.19. The summed E-state index contributed by atoms with van der Waals surface area (Å²) in [5.41, 5.74) is 25.1. The molecule has 0 aliphatic heterocycles. The molecule has 0 rings (SSSR count). The van der Waals surface area contributed by atoms with E-state index in [0.29, 0.717) is 0 Å². The van der Waals surface area contributed by atoms with Gasteiger partial charge in [0.15, 0.2) is 0 Å². The van der Waals surface area contributed by atoms with Crippen LogP contribution in [0.15, 0.2) is 0 Å². The molecule has 7 heteroatoms. The van der Waals surface area contributed by atoms with Crippen LogP contribution in [0.3, 0.4) is 0 Å². The second-order valence-corrected chi connectivity index (χ2v) is 1.000. The molecular formula is C4H12Cl2N4Ru. The van der Waals surface area contributed by atoms with E-state index in [1.54, 1.807) is 0 Å². The molecule has 70 valence electrons. The van der Waals surface area contributed by atoms with Crippen LogP contribution in [0.1, 0.15) is 0 Å². The van der Waals surface area contributed by atoms with Gasteiger partial charge in [-0.1, -0.05) is 0 Å². The zero-order valence-electron chi connectivity index (χ0n) is 5.94. The van der Waals surface area contributed by atoms with Gasteiger partial charge in [0, 0.05) is 0 Å². The molecule has 4 N–H and O–H groups in total. The van der Waals surface area contributed by atoms with Crippen molar-refractivity contribution in [3.05, 3.63) is 22.9 Å². The van der Waals surface area contributed by atoms with E-state index < -0.39 is 0 Å². The minimum atomic E-state index is 0. The first kappa shape index (κ1) is 29.6. The molecule has 0 aromatic heterocycles. The van der Waals surface area contributed by atoms with Crippen molar-refractivity contribution in [3.8, 4) is 0 Å². The van der Waals surface area contributed by atoms with Gasteiger partial charge >= 0.3 is 19.5 Å². The SMILES string of the molecule is [Cl-].[Cl-].[NH-]CC[NH-].[NH-]CC[NH-].[Ru+6]. The number of halogens is 2. The largest absolute Gasteiger partial charge is 6.00 e. The fourth-order valence-electron chi connectivity index (χ4n) is 0. The van der Waals surface area contributed by atoms with Gasteiger partial charge in [0.05, 0.1) is 0 Å². The van der Waals surface area contributed by atoms with Gasteiger partial charge in [-0.15, -0.1) is 0 Å². The quantitative estimate of drug-likeness (QED) is 0.466. The summed E-state index contributed by atoms with van der Waals surface area (Å²) < 4.78 is 0. The first-order valence-corrected chi connectivity index (χ1v) is 2.41. The molecule has 0 amide bonds. The van der Waals surface area contributed by atoms with Gasteiger partial charge in [-0.3, -0.25) is 0 Å². The van der Waals surface area contributed by atoms with Crippen molar-refractivity contribution in [2.45, 2.75) is 0 Å². The van der Waals surface area contributed by atoms with Crippen molar-refractivity contribution in [2.24, 2.45) is 0 Å². The summed E-state index contributed by atoms with van der Waals surface area (Å²) in [6.45, 7) is 0.944. The Morgan fingerprint density at radius 1 is 0.545 bits per heavy atom. The summed E-state index contributed by atoms with van der Waals surface area (Å²) in [6, 6.07) is 0. The summed E-state index contributed by atoms with van der Waals surface area (Å²) in [4.78, 5) is 0. The molecule has 0 aliphatic carbocycles. The van der Waals surface area contributed by atoms with Crippen LogP contribution in [0, 0.1) is 0 Å². The van der Waals surface area contributed by atoms with Crippen molar-refractivity contribution in [1.82, 2.24) is 0 Å². The number of nitrogens with one attached hydrogen (secondary N) is 4. The third-order valence-corrected chi connectivity index (χ3v) is 0.250. The van der Waals surface area contributed by atoms with Gasteiger partial charge in [-0.25, -0.2) is 0 Å². The summed E-state index contributed by atoms with van der Waals surface area (Å²) in [5.74, 6) is 0. The van der Waals surface area contributed by atoms with Crippen molar-refractivity contribution in [2.75, 3.05) is 26.2 Å². The monoisotopic (exact) mass is 288 g/mol. The Morgan fingerprint density at radius 3 is 0.636 bits per heavy atom. The molecule has 4 nitrogen and oxygen atoms in total. The minimum absolute atomic E-state index is 0. The Hall–Kier alpha value is 1.04. The molecule has 0 fully saturated rings. The van der Waals surface area contributed by atoms with Gasteiger partial charge in [-0.05, 0) is 0 Å². The first-order chi connectivity index (χ1) is 3.83. The molecule has 11 heavy (non-hydrogen) atoms. The van der Waals surface area contributed by atoms with E-state index in [2.05, 4.69) is 0 Å². The summed E-state index contributed by atoms with van der Waals surface area (Å²) in [5, 5.41) is 0. The Bertz CT molecular complexity index is 28.1. The topological polar surface area (TPSA) is 95.2 Å². The predicted octanol–water partition coefficient (Wildman–Crippen LogP) is -3.81. The maximum atomic E-state index is 6.26. The molecule has 0 unspecified atom stereocenters. The number of hydrogen-bond acceptors (Lipinski definition) is 0. The second kappa shape index (κ2) is 43.8. The van der Waals surface area contributed by atoms with Crippen molar-refractivity contribution < 1.29 is 44.3 Å². The smallest absolute Gasteiger partial charge is 1.00 e. The molecule has 0 aromatic rings. The van der Waals surface area contributed by atoms with Crippen LogP contribution in [-0.2, 0) is 19.5 Å². The Morgan fingerprint density at radius 2 is 0.636 bits per heavy atom. The van der Waals surface area contributed by atoms with Crippen molar-refractivity contribution in [3.63, 3.8) is 0 Å². The maximum Gasteiger partial charge on any atom is 6.00 e. The van der Waals surface area contributed by atoms with Crippen LogP contribution >= 0.6 is 0 Å². The number of hydrogen-bond donors (Lipinski definition) is 0. The van der Waals surface area contributed by atoms with Crippen LogP contribution in [0.25, 0.3) is 22.9 Å². The average Bonchev–Trinajstić information content (AvgIpc) is 1.88. The summed E-state index contributed by atoms with van der Waals surface area (Å²) in [7, 11) is 0. The van der Waals surface area contributed by atoms with Gasteiger partial charge in [0.25, 0.3) is 0 Å². The van der Waals surface area contributed by atoms with E-state index in [1.165, 1.54) is 0 Å². The van der Waals surface area contributed by atoms with Crippen LogP contribution < -0.4 is 24.8 Å². The Labute approximate surface area is 93.4 Å². The third kappa shape index (κ3) is 97.5. The Kier molecular flexibility index (Phi) is 118. The van der Waals surface area contributed by atoms with Gasteiger partial charge in [0.2, 0.25) is 0 Å². The van der Waals surface area contributed by atoms with Crippen LogP contribution in [0.4, 0.5) is 0 Å². The maximum absolute atomic E-state index is 6.26. The molecule has 0 saturated heterocycles. The third-order valence-electron chi connectivity index (χ3n) is 0.250.